The average molecular weight is 297 g/mol. The number of rotatable bonds is 5. The maximum Gasteiger partial charge on any atom is 0.155 e. The van der Waals surface area contributed by atoms with E-state index in [1.165, 1.54) is 24.0 Å². The lowest BCUT2D eigenvalue weighted by Gasteiger charge is -2.19. The van der Waals surface area contributed by atoms with Crippen molar-refractivity contribution >= 4 is 5.69 Å². The van der Waals surface area contributed by atoms with Gasteiger partial charge in [0.05, 0.1) is 12.1 Å². The van der Waals surface area contributed by atoms with Crippen LogP contribution in [0.5, 0.6) is 5.75 Å². The molecule has 1 heterocycles. The molecular weight excluding hydrogens is 274 g/mol. The second-order valence-electron chi connectivity index (χ2n) is 5.79. The highest BCUT2D eigenvalue weighted by atomic mass is 16.7. The zero-order chi connectivity index (χ0) is 15.5. The van der Waals surface area contributed by atoms with Crippen LogP contribution in [0.1, 0.15) is 42.6 Å². The number of hydrogen-bond donors (Lipinski definition) is 2. The van der Waals surface area contributed by atoms with Gasteiger partial charge >= 0.3 is 0 Å². The zero-order valence-electron chi connectivity index (χ0n) is 13.0. The van der Waals surface area contributed by atoms with Gasteiger partial charge in [-0.25, -0.2) is 0 Å². The summed E-state index contributed by atoms with van der Waals surface area (Å²) in [6, 6.07) is 14.3. The van der Waals surface area contributed by atoms with E-state index in [2.05, 4.69) is 31.2 Å². The van der Waals surface area contributed by atoms with Crippen LogP contribution in [0.4, 0.5) is 5.69 Å². The van der Waals surface area contributed by atoms with Crippen molar-refractivity contribution in [3.8, 4) is 5.75 Å². The van der Waals surface area contributed by atoms with Crippen molar-refractivity contribution in [2.45, 2.75) is 38.9 Å². The Balaban J connectivity index is 1.69. The molecule has 2 aromatic rings. The molecule has 0 aliphatic carbocycles. The lowest BCUT2D eigenvalue weighted by Crippen LogP contribution is -2.31. The summed E-state index contributed by atoms with van der Waals surface area (Å²) in [4.78, 5) is 5.83. The number of hydroxylamine groups is 2. The van der Waals surface area contributed by atoms with Gasteiger partial charge in [-0.2, -0.15) is 0 Å². The molecule has 0 amide bonds. The Bertz CT molecular complexity index is 639. The Labute approximate surface area is 131 Å². The third-order valence-electron chi connectivity index (χ3n) is 4.10. The minimum Gasteiger partial charge on any atom is -0.403 e. The van der Waals surface area contributed by atoms with Gasteiger partial charge in [0.2, 0.25) is 0 Å². The van der Waals surface area contributed by atoms with E-state index < -0.39 is 0 Å². The lowest BCUT2D eigenvalue weighted by molar-refractivity contribution is -0.0781. The van der Waals surface area contributed by atoms with Crippen molar-refractivity contribution < 1.29 is 4.84 Å². The van der Waals surface area contributed by atoms with E-state index in [4.69, 9.17) is 16.3 Å². The van der Waals surface area contributed by atoms with Gasteiger partial charge in [-0.05, 0) is 36.1 Å². The molecule has 2 aromatic carbocycles. The Morgan fingerprint density at radius 2 is 1.82 bits per heavy atom. The predicted octanol–water partition coefficient (Wildman–Crippen LogP) is 3.38. The molecule has 0 spiro atoms. The Morgan fingerprint density at radius 3 is 2.50 bits per heavy atom. The van der Waals surface area contributed by atoms with Crippen molar-refractivity contribution in [3.63, 3.8) is 0 Å². The summed E-state index contributed by atoms with van der Waals surface area (Å²) in [5.41, 5.74) is 16.4. The number of aryl methyl sites for hydroxylation is 1. The second-order valence-corrected chi connectivity index (χ2v) is 5.79. The molecule has 0 saturated heterocycles. The Morgan fingerprint density at radius 1 is 1.09 bits per heavy atom. The van der Waals surface area contributed by atoms with Gasteiger partial charge in [-0.1, -0.05) is 43.7 Å². The molecule has 1 unspecified atom stereocenters. The van der Waals surface area contributed by atoms with Crippen molar-refractivity contribution in [2.75, 3.05) is 5.73 Å². The molecule has 4 nitrogen and oxygen atoms in total. The maximum atomic E-state index is 6.26. The van der Waals surface area contributed by atoms with E-state index >= 15 is 0 Å². The molecule has 1 atom stereocenters. The zero-order valence-corrected chi connectivity index (χ0v) is 13.0. The van der Waals surface area contributed by atoms with Crippen LogP contribution in [0, 0.1) is 0 Å². The molecule has 0 bridgehead atoms. The largest absolute Gasteiger partial charge is 0.403 e. The molecule has 0 radical (unpaired) electrons. The topological polar surface area (TPSA) is 64.5 Å². The quantitative estimate of drug-likeness (QED) is 0.830. The fourth-order valence-corrected chi connectivity index (χ4v) is 2.79. The average Bonchev–Trinajstić information content (AvgIpc) is 2.84. The number of anilines is 1. The molecular formula is C18H23N3O. The first kappa shape index (κ1) is 14.9. The molecule has 4 N–H and O–H groups in total. The van der Waals surface area contributed by atoms with Crippen LogP contribution in [0.2, 0.25) is 0 Å². The molecule has 1 aliphatic rings. The monoisotopic (exact) mass is 297 g/mol. The van der Waals surface area contributed by atoms with Gasteiger partial charge in [-0.3, -0.25) is 0 Å². The SMILES string of the molecule is CCCCc1ccc(CN2Oc3cccc(N)c3C2N)cc1. The number of nitrogen functional groups attached to an aromatic ring is 1. The predicted molar refractivity (Wildman–Crippen MR) is 89.0 cm³/mol. The molecule has 0 aromatic heterocycles. The van der Waals surface area contributed by atoms with Gasteiger partial charge in [0.1, 0.15) is 6.17 Å². The van der Waals surface area contributed by atoms with E-state index in [9.17, 15) is 0 Å². The normalized spacial score (nSPS) is 17.3. The van der Waals surface area contributed by atoms with Crippen molar-refractivity contribution in [3.05, 3.63) is 59.2 Å². The summed E-state index contributed by atoms with van der Waals surface area (Å²) in [6.45, 7) is 2.85. The van der Waals surface area contributed by atoms with E-state index in [0.717, 1.165) is 17.7 Å². The van der Waals surface area contributed by atoms with Crippen LogP contribution in [0.25, 0.3) is 0 Å². The summed E-state index contributed by atoms with van der Waals surface area (Å²) in [6.07, 6.45) is 3.26. The number of fused-ring (bicyclic) bond motifs is 1. The van der Waals surface area contributed by atoms with Crippen LogP contribution in [0.3, 0.4) is 0 Å². The molecule has 1 aliphatic heterocycles. The van der Waals surface area contributed by atoms with Gasteiger partial charge in [0.25, 0.3) is 0 Å². The highest BCUT2D eigenvalue weighted by Crippen LogP contribution is 2.38. The molecule has 3 rings (SSSR count). The molecule has 0 saturated carbocycles. The lowest BCUT2D eigenvalue weighted by atomic mass is 10.1. The van der Waals surface area contributed by atoms with Crippen LogP contribution >= 0.6 is 0 Å². The summed E-state index contributed by atoms with van der Waals surface area (Å²) in [5, 5.41) is 1.78. The molecule has 116 valence electrons. The summed E-state index contributed by atoms with van der Waals surface area (Å²) >= 11 is 0. The Kier molecular flexibility index (Phi) is 4.32. The second kappa shape index (κ2) is 6.38. The van der Waals surface area contributed by atoms with Crippen LogP contribution in [-0.4, -0.2) is 5.06 Å². The first-order valence-corrected chi connectivity index (χ1v) is 7.85. The molecule has 22 heavy (non-hydrogen) atoms. The van der Waals surface area contributed by atoms with Gasteiger partial charge in [-0.15, -0.1) is 5.06 Å². The number of nitrogens with zero attached hydrogens (tertiary/aromatic N) is 1. The number of nitrogens with two attached hydrogens (primary N) is 2. The first-order valence-electron chi connectivity index (χ1n) is 7.85. The number of hydrogen-bond acceptors (Lipinski definition) is 4. The fourth-order valence-electron chi connectivity index (χ4n) is 2.79. The highest BCUT2D eigenvalue weighted by Gasteiger charge is 2.31. The highest BCUT2D eigenvalue weighted by molar-refractivity contribution is 5.56. The van der Waals surface area contributed by atoms with E-state index in [0.29, 0.717) is 12.2 Å². The van der Waals surface area contributed by atoms with Gasteiger partial charge in [0, 0.05) is 5.69 Å². The fraction of sp³-hybridized carbons (Fsp3) is 0.333. The minimum atomic E-state index is -0.323. The maximum absolute atomic E-state index is 6.26. The summed E-state index contributed by atoms with van der Waals surface area (Å²) in [5.74, 6) is 0.757. The van der Waals surface area contributed by atoms with Crippen molar-refractivity contribution in [1.29, 1.82) is 0 Å². The van der Waals surface area contributed by atoms with Gasteiger partial charge in [0.15, 0.2) is 5.75 Å². The minimum absolute atomic E-state index is 0.323. The number of benzene rings is 2. The van der Waals surface area contributed by atoms with E-state index in [1.54, 1.807) is 5.06 Å². The number of unbranched alkanes of at least 4 members (excludes halogenated alkanes) is 1. The van der Waals surface area contributed by atoms with Crippen LogP contribution < -0.4 is 16.3 Å². The van der Waals surface area contributed by atoms with Crippen LogP contribution in [-0.2, 0) is 13.0 Å². The summed E-state index contributed by atoms with van der Waals surface area (Å²) in [7, 11) is 0. The van der Waals surface area contributed by atoms with Crippen molar-refractivity contribution in [2.24, 2.45) is 5.73 Å². The third-order valence-corrected chi connectivity index (χ3v) is 4.10. The van der Waals surface area contributed by atoms with Crippen LogP contribution in [0.15, 0.2) is 42.5 Å². The summed E-state index contributed by atoms with van der Waals surface area (Å²) < 4.78 is 0. The van der Waals surface area contributed by atoms with E-state index in [-0.39, 0.29) is 6.17 Å². The smallest absolute Gasteiger partial charge is 0.155 e. The van der Waals surface area contributed by atoms with Crippen molar-refractivity contribution in [1.82, 2.24) is 5.06 Å². The van der Waals surface area contributed by atoms with Gasteiger partial charge < -0.3 is 16.3 Å². The standard InChI is InChI=1S/C18H23N3O/c1-2-3-5-13-8-10-14(11-9-13)12-21-18(20)17-15(19)6-4-7-16(17)22-21/h4,6-11,18H,2-3,5,12,19-20H2,1H3. The molecule has 0 fully saturated rings. The Hall–Kier alpha value is -2.04. The third kappa shape index (κ3) is 2.93. The van der Waals surface area contributed by atoms with E-state index in [1.807, 2.05) is 18.2 Å². The molecule has 4 heteroatoms. The first-order chi connectivity index (χ1) is 10.7.